The lowest BCUT2D eigenvalue weighted by Crippen LogP contribution is -2.12. The van der Waals surface area contributed by atoms with E-state index in [4.69, 9.17) is 5.26 Å². The summed E-state index contributed by atoms with van der Waals surface area (Å²) in [6.45, 7) is 6.20. The Labute approximate surface area is 54.1 Å². The standard InChI is InChI=1S/C6H13NSi/c1-5(2)6(3,8)4-7/h5H,1-3,8H3. The number of hydrogen-bond acceptors (Lipinski definition) is 1. The van der Waals surface area contributed by atoms with E-state index in [1.165, 1.54) is 0 Å². The molecule has 0 saturated heterocycles. The smallest absolute Gasteiger partial charge is 0.0646 e. The summed E-state index contributed by atoms with van der Waals surface area (Å²) >= 11 is 0. The molecule has 1 atom stereocenters. The fraction of sp³-hybridized carbons (Fsp3) is 0.833. The Bertz CT molecular complexity index is 110. The van der Waals surface area contributed by atoms with E-state index in [1.54, 1.807) is 0 Å². The first-order chi connectivity index (χ1) is 3.50. The maximum atomic E-state index is 8.55. The van der Waals surface area contributed by atoms with Crippen LogP contribution in [0.1, 0.15) is 20.8 Å². The second-order valence-electron chi connectivity index (χ2n) is 2.99. The SMILES string of the molecule is CC(C)C(C)([SiH3])C#N. The van der Waals surface area contributed by atoms with E-state index in [0.717, 1.165) is 10.2 Å². The summed E-state index contributed by atoms with van der Waals surface area (Å²) in [6.07, 6.45) is 0. The van der Waals surface area contributed by atoms with Gasteiger partial charge in [0.15, 0.2) is 0 Å². The molecule has 0 bridgehead atoms. The maximum Gasteiger partial charge on any atom is 0.0646 e. The highest BCUT2D eigenvalue weighted by atomic mass is 28.1. The molecule has 0 spiro atoms. The maximum absolute atomic E-state index is 8.55. The van der Waals surface area contributed by atoms with Crippen molar-refractivity contribution in [1.29, 1.82) is 5.26 Å². The molecule has 0 aromatic heterocycles. The molecule has 0 saturated carbocycles. The minimum atomic E-state index is -0.0139. The quantitative estimate of drug-likeness (QED) is 0.476. The zero-order valence-corrected chi connectivity index (χ0v) is 8.02. The highest BCUT2D eigenvalue weighted by molar-refractivity contribution is 6.17. The van der Waals surface area contributed by atoms with Gasteiger partial charge in [-0.05, 0) is 12.8 Å². The lowest BCUT2D eigenvalue weighted by Gasteiger charge is -2.18. The third-order valence-corrected chi connectivity index (χ3v) is 3.11. The van der Waals surface area contributed by atoms with Crippen molar-refractivity contribution in [3.05, 3.63) is 0 Å². The van der Waals surface area contributed by atoms with Crippen molar-refractivity contribution in [3.8, 4) is 6.07 Å². The molecule has 0 rings (SSSR count). The van der Waals surface area contributed by atoms with E-state index in [1.807, 2.05) is 6.92 Å². The Morgan fingerprint density at radius 1 is 1.62 bits per heavy atom. The van der Waals surface area contributed by atoms with Crippen LogP contribution in [0.15, 0.2) is 0 Å². The van der Waals surface area contributed by atoms with Crippen molar-refractivity contribution in [2.24, 2.45) is 5.92 Å². The van der Waals surface area contributed by atoms with Crippen LogP contribution >= 0.6 is 0 Å². The Balaban J connectivity index is 3.97. The lowest BCUT2D eigenvalue weighted by molar-refractivity contribution is 0.536. The van der Waals surface area contributed by atoms with Crippen molar-refractivity contribution >= 4 is 10.2 Å². The van der Waals surface area contributed by atoms with Crippen LogP contribution in [0.25, 0.3) is 0 Å². The van der Waals surface area contributed by atoms with Gasteiger partial charge in [-0.2, -0.15) is 5.26 Å². The van der Waals surface area contributed by atoms with Crippen LogP contribution in [0.3, 0.4) is 0 Å². The van der Waals surface area contributed by atoms with Crippen molar-refractivity contribution in [3.63, 3.8) is 0 Å². The van der Waals surface area contributed by atoms with Crippen LogP contribution in [0.5, 0.6) is 0 Å². The molecule has 0 amide bonds. The summed E-state index contributed by atoms with van der Waals surface area (Å²) in [5.74, 6) is 0.513. The lowest BCUT2D eigenvalue weighted by atomic mass is 9.99. The molecule has 8 heavy (non-hydrogen) atoms. The van der Waals surface area contributed by atoms with Gasteiger partial charge in [0.2, 0.25) is 0 Å². The van der Waals surface area contributed by atoms with Crippen molar-refractivity contribution < 1.29 is 0 Å². The van der Waals surface area contributed by atoms with Gasteiger partial charge in [-0.15, -0.1) is 0 Å². The summed E-state index contributed by atoms with van der Waals surface area (Å²) in [6, 6.07) is 2.30. The Morgan fingerprint density at radius 3 is 2.00 bits per heavy atom. The van der Waals surface area contributed by atoms with Gasteiger partial charge < -0.3 is 0 Å². The molecule has 0 aliphatic rings. The Hall–Kier alpha value is -0.293. The predicted molar refractivity (Wildman–Crippen MR) is 38.8 cm³/mol. The highest BCUT2D eigenvalue weighted by Crippen LogP contribution is 2.28. The van der Waals surface area contributed by atoms with E-state index >= 15 is 0 Å². The van der Waals surface area contributed by atoms with Gasteiger partial charge in [-0.1, -0.05) is 13.8 Å². The average molecular weight is 127 g/mol. The Kier molecular flexibility index (Phi) is 2.23. The van der Waals surface area contributed by atoms with Crippen LogP contribution in [0.4, 0.5) is 0 Å². The Morgan fingerprint density at radius 2 is 2.00 bits per heavy atom. The van der Waals surface area contributed by atoms with Gasteiger partial charge >= 0.3 is 0 Å². The van der Waals surface area contributed by atoms with Crippen molar-refractivity contribution in [2.45, 2.75) is 25.8 Å². The minimum Gasteiger partial charge on any atom is -0.198 e. The van der Waals surface area contributed by atoms with Crippen molar-refractivity contribution in [2.75, 3.05) is 0 Å². The van der Waals surface area contributed by atoms with Gasteiger partial charge in [-0.25, -0.2) is 0 Å². The number of nitriles is 1. The van der Waals surface area contributed by atoms with Crippen LogP contribution in [0.2, 0.25) is 5.04 Å². The van der Waals surface area contributed by atoms with Gasteiger partial charge in [0.05, 0.1) is 6.07 Å². The molecule has 0 aromatic carbocycles. The molecular formula is C6H13NSi. The molecule has 46 valence electrons. The first-order valence-electron chi connectivity index (χ1n) is 2.92. The molecule has 1 nitrogen and oxygen atoms in total. The summed E-state index contributed by atoms with van der Waals surface area (Å²) in [5, 5.41) is 8.54. The normalized spacial score (nSPS) is 17.9. The first kappa shape index (κ1) is 7.71. The molecule has 0 aromatic rings. The topological polar surface area (TPSA) is 23.8 Å². The third kappa shape index (κ3) is 1.67. The average Bonchev–Trinajstić information content (AvgIpc) is 1.67. The van der Waals surface area contributed by atoms with Gasteiger partial charge in [-0.3, -0.25) is 0 Å². The molecule has 0 fully saturated rings. The molecular weight excluding hydrogens is 114 g/mol. The molecule has 0 N–H and O–H groups in total. The third-order valence-electron chi connectivity index (χ3n) is 1.73. The highest BCUT2D eigenvalue weighted by Gasteiger charge is 2.20. The molecule has 0 heterocycles. The fourth-order valence-electron chi connectivity index (χ4n) is 0.129. The predicted octanol–water partition coefficient (Wildman–Crippen LogP) is 0.710. The molecule has 0 radical (unpaired) electrons. The first-order valence-corrected chi connectivity index (χ1v) is 3.92. The number of nitrogens with zero attached hydrogens (tertiary/aromatic N) is 1. The van der Waals surface area contributed by atoms with Gasteiger partial charge in [0, 0.05) is 15.3 Å². The number of hydrogen-bond donors (Lipinski definition) is 0. The van der Waals surface area contributed by atoms with Crippen molar-refractivity contribution in [1.82, 2.24) is 0 Å². The van der Waals surface area contributed by atoms with Gasteiger partial charge in [0.1, 0.15) is 0 Å². The van der Waals surface area contributed by atoms with E-state index < -0.39 is 0 Å². The molecule has 1 unspecified atom stereocenters. The zero-order chi connectivity index (χ0) is 6.78. The van der Waals surface area contributed by atoms with Crippen LogP contribution in [-0.4, -0.2) is 10.2 Å². The summed E-state index contributed by atoms with van der Waals surface area (Å²) in [5.41, 5.74) is 0. The zero-order valence-electron chi connectivity index (χ0n) is 6.02. The number of rotatable bonds is 1. The minimum absolute atomic E-state index is 0.0139. The van der Waals surface area contributed by atoms with Crippen LogP contribution < -0.4 is 0 Å². The molecule has 2 heteroatoms. The second kappa shape index (κ2) is 2.32. The largest absolute Gasteiger partial charge is 0.198 e. The monoisotopic (exact) mass is 127 g/mol. The summed E-state index contributed by atoms with van der Waals surface area (Å²) in [7, 11) is 0.972. The summed E-state index contributed by atoms with van der Waals surface area (Å²) < 4.78 is 0. The molecule has 0 aliphatic carbocycles. The van der Waals surface area contributed by atoms with E-state index in [9.17, 15) is 0 Å². The van der Waals surface area contributed by atoms with E-state index in [0.29, 0.717) is 5.92 Å². The van der Waals surface area contributed by atoms with Crippen LogP contribution in [-0.2, 0) is 0 Å². The fourth-order valence-corrected chi connectivity index (χ4v) is 0.129. The molecule has 0 aliphatic heterocycles. The van der Waals surface area contributed by atoms with E-state index in [-0.39, 0.29) is 5.04 Å². The van der Waals surface area contributed by atoms with Gasteiger partial charge in [0.25, 0.3) is 0 Å². The summed E-state index contributed by atoms with van der Waals surface area (Å²) in [4.78, 5) is 0. The second-order valence-corrected chi connectivity index (χ2v) is 5.07. The van der Waals surface area contributed by atoms with Crippen LogP contribution in [0, 0.1) is 17.2 Å². The van der Waals surface area contributed by atoms with E-state index in [2.05, 4.69) is 19.9 Å².